The molecule has 0 saturated heterocycles. The third kappa shape index (κ3) is 4.89. The van der Waals surface area contributed by atoms with E-state index in [4.69, 9.17) is 9.97 Å². The summed E-state index contributed by atoms with van der Waals surface area (Å²) in [4.78, 5) is 27.3. The van der Waals surface area contributed by atoms with Gasteiger partial charge in [-0.25, -0.2) is 4.98 Å². The van der Waals surface area contributed by atoms with Gasteiger partial charge < -0.3 is 20.0 Å². The number of likely N-dealkylation sites (N-methyl/N-ethyl adjacent to an activating group) is 1. The van der Waals surface area contributed by atoms with Gasteiger partial charge in [-0.1, -0.05) is 12.1 Å². The highest BCUT2D eigenvalue weighted by molar-refractivity contribution is 5.76. The third-order valence-electron chi connectivity index (χ3n) is 6.45. The van der Waals surface area contributed by atoms with Gasteiger partial charge in [-0.15, -0.1) is 0 Å². The molecule has 1 fully saturated rings. The second kappa shape index (κ2) is 9.42. The Morgan fingerprint density at radius 3 is 2.68 bits per heavy atom. The second-order valence-electron chi connectivity index (χ2n) is 9.44. The molecule has 34 heavy (non-hydrogen) atoms. The number of rotatable bonds is 10. The first kappa shape index (κ1) is 22.3. The van der Waals surface area contributed by atoms with Crippen LogP contribution in [0.2, 0.25) is 0 Å². The standard InChI is InChI=1S/C25H32N8O/c1-18-23-10-11-31(15-19-4-6-21(7-5-19)33(17-34)22-8-9-22)24(23)29-25(27-18)28-20-14-26-32(16-20)13-12-30(2)3/h4-7,14,16-17,22H,8-13,15H2,1-3H3,(H,27,28,29). The first-order chi connectivity index (χ1) is 16.5. The van der Waals surface area contributed by atoms with Crippen LogP contribution in [0.15, 0.2) is 36.7 Å². The number of nitrogens with one attached hydrogen (secondary N) is 1. The lowest BCUT2D eigenvalue weighted by molar-refractivity contribution is -0.107. The lowest BCUT2D eigenvalue weighted by Gasteiger charge is -2.21. The van der Waals surface area contributed by atoms with Crippen molar-refractivity contribution in [2.24, 2.45) is 0 Å². The lowest BCUT2D eigenvalue weighted by Crippen LogP contribution is -2.23. The topological polar surface area (TPSA) is 82.4 Å². The van der Waals surface area contributed by atoms with E-state index in [0.717, 1.165) is 74.7 Å². The zero-order valence-corrected chi connectivity index (χ0v) is 20.1. The third-order valence-corrected chi connectivity index (χ3v) is 6.45. The Labute approximate surface area is 200 Å². The minimum Gasteiger partial charge on any atom is -0.352 e. The number of aryl methyl sites for hydroxylation is 1. The number of anilines is 4. The average Bonchev–Trinajstić information content (AvgIpc) is 3.42. The number of aromatic nitrogens is 4. The van der Waals surface area contributed by atoms with Crippen LogP contribution >= 0.6 is 0 Å². The highest BCUT2D eigenvalue weighted by atomic mass is 16.1. The number of hydrogen-bond donors (Lipinski definition) is 1. The SMILES string of the molecule is Cc1nc(Nc2cnn(CCN(C)C)c2)nc2c1CCN2Cc1ccc(N(C=O)C2CC2)cc1. The van der Waals surface area contributed by atoms with Crippen LogP contribution in [0, 0.1) is 6.92 Å². The van der Waals surface area contributed by atoms with Crippen LogP contribution < -0.4 is 15.1 Å². The van der Waals surface area contributed by atoms with Crippen molar-refractivity contribution in [1.82, 2.24) is 24.6 Å². The molecule has 1 amide bonds. The molecule has 0 unspecified atom stereocenters. The Morgan fingerprint density at radius 1 is 1.18 bits per heavy atom. The first-order valence-electron chi connectivity index (χ1n) is 11.9. The Kier molecular flexibility index (Phi) is 6.19. The highest BCUT2D eigenvalue weighted by Gasteiger charge is 2.29. The Bertz CT molecular complexity index is 1150. The summed E-state index contributed by atoms with van der Waals surface area (Å²) in [5.41, 5.74) is 5.28. The molecule has 9 heteroatoms. The van der Waals surface area contributed by atoms with E-state index in [1.807, 2.05) is 34.1 Å². The maximum atomic E-state index is 11.4. The molecular weight excluding hydrogens is 428 g/mol. The lowest BCUT2D eigenvalue weighted by atomic mass is 10.2. The second-order valence-corrected chi connectivity index (χ2v) is 9.44. The van der Waals surface area contributed by atoms with Gasteiger partial charge in [0.05, 0.1) is 18.4 Å². The Morgan fingerprint density at radius 2 is 1.97 bits per heavy atom. The number of fused-ring (bicyclic) bond motifs is 1. The van der Waals surface area contributed by atoms with Gasteiger partial charge in [0.2, 0.25) is 12.4 Å². The van der Waals surface area contributed by atoms with Crippen molar-refractivity contribution in [3.63, 3.8) is 0 Å². The van der Waals surface area contributed by atoms with E-state index in [2.05, 4.69) is 53.4 Å². The monoisotopic (exact) mass is 460 g/mol. The van der Waals surface area contributed by atoms with E-state index in [1.165, 1.54) is 11.1 Å². The minimum atomic E-state index is 0.375. The summed E-state index contributed by atoms with van der Waals surface area (Å²) in [6.45, 7) is 5.50. The van der Waals surface area contributed by atoms with E-state index < -0.39 is 0 Å². The number of amides is 1. The molecule has 1 aliphatic heterocycles. The normalized spacial score (nSPS) is 15.0. The van der Waals surface area contributed by atoms with Gasteiger partial charge in [0.25, 0.3) is 0 Å². The summed E-state index contributed by atoms with van der Waals surface area (Å²) >= 11 is 0. The van der Waals surface area contributed by atoms with Crippen molar-refractivity contribution < 1.29 is 4.79 Å². The van der Waals surface area contributed by atoms with Gasteiger partial charge in [0.15, 0.2) is 0 Å². The van der Waals surface area contributed by atoms with Crippen LogP contribution in [0.4, 0.5) is 23.1 Å². The van der Waals surface area contributed by atoms with E-state index in [1.54, 1.807) is 0 Å². The van der Waals surface area contributed by atoms with Crippen molar-refractivity contribution in [2.75, 3.05) is 42.3 Å². The van der Waals surface area contributed by atoms with Crippen LogP contribution in [0.3, 0.4) is 0 Å². The molecule has 0 bridgehead atoms. The van der Waals surface area contributed by atoms with Gasteiger partial charge in [-0.3, -0.25) is 9.48 Å². The smallest absolute Gasteiger partial charge is 0.229 e. The molecule has 178 valence electrons. The summed E-state index contributed by atoms with van der Waals surface area (Å²) in [7, 11) is 4.11. The molecular formula is C25H32N8O. The van der Waals surface area contributed by atoms with Crippen LogP contribution in [-0.2, 0) is 24.3 Å². The fourth-order valence-electron chi connectivity index (χ4n) is 4.38. The van der Waals surface area contributed by atoms with Crippen molar-refractivity contribution >= 4 is 29.6 Å². The summed E-state index contributed by atoms with van der Waals surface area (Å²) in [5.74, 6) is 1.59. The number of benzene rings is 1. The van der Waals surface area contributed by atoms with Crippen molar-refractivity contribution in [1.29, 1.82) is 0 Å². The summed E-state index contributed by atoms with van der Waals surface area (Å²) < 4.78 is 1.92. The maximum absolute atomic E-state index is 11.4. The fraction of sp³-hybridized carbons (Fsp3) is 0.440. The van der Waals surface area contributed by atoms with Gasteiger partial charge in [0, 0.05) is 48.8 Å². The van der Waals surface area contributed by atoms with E-state index in [0.29, 0.717) is 12.0 Å². The van der Waals surface area contributed by atoms with E-state index in [9.17, 15) is 4.79 Å². The zero-order chi connectivity index (χ0) is 23.7. The molecule has 3 aromatic rings. The van der Waals surface area contributed by atoms with Gasteiger partial charge >= 0.3 is 0 Å². The predicted octanol–water partition coefficient (Wildman–Crippen LogP) is 2.97. The summed E-state index contributed by atoms with van der Waals surface area (Å²) in [5, 5.41) is 7.75. The number of nitrogens with zero attached hydrogens (tertiary/aromatic N) is 7. The highest BCUT2D eigenvalue weighted by Crippen LogP contribution is 2.33. The molecule has 1 aliphatic carbocycles. The molecule has 2 aromatic heterocycles. The molecule has 2 aliphatic rings. The van der Waals surface area contributed by atoms with Gasteiger partial charge in [-0.05, 0) is 58.0 Å². The Hall–Kier alpha value is -3.46. The molecule has 3 heterocycles. The van der Waals surface area contributed by atoms with Crippen molar-refractivity contribution in [2.45, 2.75) is 45.3 Å². The molecule has 1 saturated carbocycles. The van der Waals surface area contributed by atoms with Crippen LogP contribution in [0.1, 0.15) is 29.7 Å². The maximum Gasteiger partial charge on any atom is 0.229 e. The Balaban J connectivity index is 1.28. The quantitative estimate of drug-likeness (QED) is 0.466. The van der Waals surface area contributed by atoms with Crippen LogP contribution in [-0.4, -0.2) is 64.3 Å². The number of carbonyl (C=O) groups is 1. The molecule has 1 N–H and O–H groups in total. The molecule has 0 radical (unpaired) electrons. The number of hydrogen-bond acceptors (Lipinski definition) is 7. The summed E-state index contributed by atoms with van der Waals surface area (Å²) in [6.07, 6.45) is 7.88. The van der Waals surface area contributed by atoms with Gasteiger partial charge in [-0.2, -0.15) is 10.1 Å². The number of carbonyl (C=O) groups excluding carboxylic acids is 1. The van der Waals surface area contributed by atoms with E-state index in [-0.39, 0.29) is 0 Å². The zero-order valence-electron chi connectivity index (χ0n) is 20.1. The first-order valence-corrected chi connectivity index (χ1v) is 11.9. The predicted molar refractivity (Wildman–Crippen MR) is 134 cm³/mol. The largest absolute Gasteiger partial charge is 0.352 e. The minimum absolute atomic E-state index is 0.375. The van der Waals surface area contributed by atoms with Crippen LogP contribution in [0.5, 0.6) is 0 Å². The molecule has 1 aromatic carbocycles. The molecule has 0 spiro atoms. The molecule has 5 rings (SSSR count). The summed E-state index contributed by atoms with van der Waals surface area (Å²) in [6, 6.07) is 8.69. The average molecular weight is 461 g/mol. The van der Waals surface area contributed by atoms with Gasteiger partial charge in [0.1, 0.15) is 5.82 Å². The molecule has 9 nitrogen and oxygen atoms in total. The van der Waals surface area contributed by atoms with Crippen molar-refractivity contribution in [3.8, 4) is 0 Å². The molecule has 0 atom stereocenters. The fourth-order valence-corrected chi connectivity index (χ4v) is 4.38. The van der Waals surface area contributed by atoms with Crippen LogP contribution in [0.25, 0.3) is 0 Å². The van der Waals surface area contributed by atoms with E-state index >= 15 is 0 Å². The van der Waals surface area contributed by atoms with Crippen molar-refractivity contribution in [3.05, 3.63) is 53.5 Å².